The van der Waals surface area contributed by atoms with Crippen molar-refractivity contribution in [3.05, 3.63) is 53.1 Å². The number of hydrogen-bond acceptors (Lipinski definition) is 4. The molecule has 1 aliphatic carbocycles. The Bertz CT molecular complexity index is 911. The topological polar surface area (TPSA) is 109 Å². The van der Waals surface area contributed by atoms with E-state index < -0.39 is 26.8 Å². The van der Waals surface area contributed by atoms with Gasteiger partial charge in [-0.25, -0.2) is 4.79 Å². The van der Waals surface area contributed by atoms with Crippen LogP contribution in [0.25, 0.3) is 11.1 Å². The van der Waals surface area contributed by atoms with E-state index in [1.807, 2.05) is 0 Å². The Morgan fingerprint density at radius 1 is 1.00 bits per heavy atom. The van der Waals surface area contributed by atoms with Crippen LogP contribution >= 0.6 is 0 Å². The molecule has 0 aromatic heterocycles. The predicted molar refractivity (Wildman–Crippen MR) is 72.1 cm³/mol. The Labute approximate surface area is 119 Å². The normalized spacial score (nSPS) is 12.9. The summed E-state index contributed by atoms with van der Waals surface area (Å²) in [6.07, 6.45) is 0. The second-order valence-electron chi connectivity index (χ2n) is 4.55. The maximum atomic E-state index is 12.3. The maximum Gasteiger partial charge on any atom is 0.336 e. The highest BCUT2D eigenvalue weighted by Crippen LogP contribution is 2.40. The molecule has 106 valence electrons. The minimum atomic E-state index is -4.61. The number of carboxylic acids is 1. The van der Waals surface area contributed by atoms with Crippen molar-refractivity contribution in [3.63, 3.8) is 0 Å². The van der Waals surface area contributed by atoms with Crippen molar-refractivity contribution in [1.82, 2.24) is 0 Å². The average Bonchev–Trinajstić information content (AvgIpc) is 2.71. The van der Waals surface area contributed by atoms with Crippen LogP contribution in [0, 0.1) is 0 Å². The van der Waals surface area contributed by atoms with E-state index in [1.165, 1.54) is 6.07 Å². The van der Waals surface area contributed by atoms with Gasteiger partial charge >= 0.3 is 5.97 Å². The quantitative estimate of drug-likeness (QED) is 0.699. The molecule has 0 radical (unpaired) electrons. The first-order valence-corrected chi connectivity index (χ1v) is 7.27. The summed E-state index contributed by atoms with van der Waals surface area (Å²) in [5.41, 5.74) is 0.553. The fourth-order valence-electron chi connectivity index (χ4n) is 2.45. The first kappa shape index (κ1) is 13.5. The molecule has 21 heavy (non-hydrogen) atoms. The van der Waals surface area contributed by atoms with E-state index in [1.54, 1.807) is 18.2 Å². The number of carbonyl (C=O) groups excluding carboxylic acids is 1. The van der Waals surface area contributed by atoms with Crippen LogP contribution in [0.5, 0.6) is 0 Å². The van der Waals surface area contributed by atoms with Gasteiger partial charge in [0.05, 0.1) is 10.5 Å². The zero-order valence-corrected chi connectivity index (χ0v) is 11.2. The summed E-state index contributed by atoms with van der Waals surface area (Å²) < 4.78 is 31.6. The zero-order chi connectivity index (χ0) is 15.4. The second kappa shape index (κ2) is 4.24. The van der Waals surface area contributed by atoms with Crippen LogP contribution in [0.4, 0.5) is 0 Å². The molecule has 2 N–H and O–H groups in total. The number of fused-ring (bicyclic) bond motifs is 3. The SMILES string of the molecule is O=C(O)c1cc(S(=O)(=O)O)cc2c1-c1ccccc1C2=O. The Morgan fingerprint density at radius 2 is 1.62 bits per heavy atom. The maximum absolute atomic E-state index is 12.3. The molecule has 0 unspecified atom stereocenters. The molecule has 0 aliphatic heterocycles. The molecular formula is C14H8O6S. The van der Waals surface area contributed by atoms with Crippen LogP contribution in [-0.2, 0) is 10.1 Å². The summed E-state index contributed by atoms with van der Waals surface area (Å²) in [4.78, 5) is 23.0. The highest BCUT2D eigenvalue weighted by Gasteiger charge is 2.32. The monoisotopic (exact) mass is 304 g/mol. The van der Waals surface area contributed by atoms with Gasteiger partial charge in [0, 0.05) is 16.7 Å². The summed E-state index contributed by atoms with van der Waals surface area (Å²) in [5.74, 6) is -1.84. The highest BCUT2D eigenvalue weighted by molar-refractivity contribution is 7.85. The Balaban J connectivity index is 2.44. The number of aromatic carboxylic acids is 1. The molecule has 0 heterocycles. The van der Waals surface area contributed by atoms with Gasteiger partial charge in [-0.15, -0.1) is 0 Å². The first-order valence-electron chi connectivity index (χ1n) is 5.83. The largest absolute Gasteiger partial charge is 0.478 e. The van der Waals surface area contributed by atoms with Crippen molar-refractivity contribution in [1.29, 1.82) is 0 Å². The Morgan fingerprint density at radius 3 is 2.19 bits per heavy atom. The van der Waals surface area contributed by atoms with Crippen molar-refractivity contribution in [3.8, 4) is 11.1 Å². The fourth-order valence-corrected chi connectivity index (χ4v) is 2.98. The summed E-state index contributed by atoms with van der Waals surface area (Å²) in [5, 5.41) is 9.26. The molecule has 3 rings (SSSR count). The standard InChI is InChI=1S/C14H8O6S/c15-13-9-4-2-1-3-8(9)12-10(13)5-7(21(18,19)20)6-11(12)14(16)17/h1-6H,(H,16,17)(H,18,19,20). The van der Waals surface area contributed by atoms with Crippen LogP contribution in [0.3, 0.4) is 0 Å². The number of rotatable bonds is 2. The van der Waals surface area contributed by atoms with Gasteiger partial charge in [0.2, 0.25) is 0 Å². The van der Waals surface area contributed by atoms with Crippen LogP contribution < -0.4 is 0 Å². The summed E-state index contributed by atoms with van der Waals surface area (Å²) in [6, 6.07) is 8.27. The third-order valence-electron chi connectivity index (χ3n) is 3.33. The molecule has 0 fully saturated rings. The molecule has 0 saturated heterocycles. The van der Waals surface area contributed by atoms with Gasteiger partial charge in [-0.2, -0.15) is 8.42 Å². The highest BCUT2D eigenvalue weighted by atomic mass is 32.2. The molecular weight excluding hydrogens is 296 g/mol. The third kappa shape index (κ3) is 1.94. The third-order valence-corrected chi connectivity index (χ3v) is 4.16. The van der Waals surface area contributed by atoms with Gasteiger partial charge in [-0.05, 0) is 17.7 Å². The van der Waals surface area contributed by atoms with Gasteiger partial charge in [0.15, 0.2) is 5.78 Å². The molecule has 6 nitrogen and oxygen atoms in total. The van der Waals surface area contributed by atoms with Crippen LogP contribution in [0.1, 0.15) is 26.3 Å². The summed E-state index contributed by atoms with van der Waals surface area (Å²) in [6.45, 7) is 0. The Hall–Kier alpha value is -2.51. The lowest BCUT2D eigenvalue weighted by atomic mass is 9.99. The first-order chi connectivity index (χ1) is 9.80. The van der Waals surface area contributed by atoms with Crippen LogP contribution in [0.15, 0.2) is 41.3 Å². The van der Waals surface area contributed by atoms with E-state index in [-0.39, 0.29) is 16.7 Å². The van der Waals surface area contributed by atoms with E-state index in [4.69, 9.17) is 4.55 Å². The van der Waals surface area contributed by atoms with E-state index in [0.717, 1.165) is 12.1 Å². The van der Waals surface area contributed by atoms with E-state index in [0.29, 0.717) is 11.1 Å². The second-order valence-corrected chi connectivity index (χ2v) is 5.97. The van der Waals surface area contributed by atoms with Gasteiger partial charge in [-0.3, -0.25) is 9.35 Å². The lowest BCUT2D eigenvalue weighted by Gasteiger charge is -2.07. The van der Waals surface area contributed by atoms with Crippen molar-refractivity contribution < 1.29 is 27.7 Å². The minimum Gasteiger partial charge on any atom is -0.478 e. The number of hydrogen-bond donors (Lipinski definition) is 2. The van der Waals surface area contributed by atoms with Crippen molar-refractivity contribution in [2.75, 3.05) is 0 Å². The predicted octanol–water partition coefficient (Wildman–Crippen LogP) is 1.84. The summed E-state index contributed by atoms with van der Waals surface area (Å²) in [7, 11) is -4.61. The number of carboxylic acid groups (broad SMARTS) is 1. The van der Waals surface area contributed by atoms with E-state index in [2.05, 4.69) is 0 Å². The minimum absolute atomic E-state index is 0.0382. The van der Waals surface area contributed by atoms with Crippen molar-refractivity contribution in [2.45, 2.75) is 4.90 Å². The molecule has 7 heteroatoms. The molecule has 0 bridgehead atoms. The van der Waals surface area contributed by atoms with Crippen molar-refractivity contribution in [2.24, 2.45) is 0 Å². The van der Waals surface area contributed by atoms with Gasteiger partial charge in [-0.1, -0.05) is 24.3 Å². The van der Waals surface area contributed by atoms with Gasteiger partial charge in [0.1, 0.15) is 0 Å². The number of benzene rings is 2. The van der Waals surface area contributed by atoms with Crippen LogP contribution in [-0.4, -0.2) is 29.8 Å². The Kier molecular flexibility index (Phi) is 2.72. The molecule has 0 atom stereocenters. The van der Waals surface area contributed by atoms with Gasteiger partial charge < -0.3 is 5.11 Å². The molecule has 1 aliphatic rings. The van der Waals surface area contributed by atoms with Crippen LogP contribution in [0.2, 0.25) is 0 Å². The molecule has 0 amide bonds. The lowest BCUT2D eigenvalue weighted by Crippen LogP contribution is -2.07. The van der Waals surface area contributed by atoms with E-state index >= 15 is 0 Å². The lowest BCUT2D eigenvalue weighted by molar-refractivity contribution is 0.0697. The summed E-state index contributed by atoms with van der Waals surface area (Å²) >= 11 is 0. The molecule has 2 aromatic rings. The van der Waals surface area contributed by atoms with Gasteiger partial charge in [0.25, 0.3) is 10.1 Å². The molecule has 2 aromatic carbocycles. The zero-order valence-electron chi connectivity index (χ0n) is 10.4. The molecule has 0 spiro atoms. The molecule has 0 saturated carbocycles. The number of ketones is 1. The van der Waals surface area contributed by atoms with E-state index in [9.17, 15) is 23.1 Å². The number of carbonyl (C=O) groups is 2. The van der Waals surface area contributed by atoms with Crippen molar-refractivity contribution >= 4 is 21.9 Å². The average molecular weight is 304 g/mol. The fraction of sp³-hybridized carbons (Fsp3) is 0. The smallest absolute Gasteiger partial charge is 0.336 e.